The number of piperidine rings is 1. The van der Waals surface area contributed by atoms with E-state index in [2.05, 4.69) is 5.10 Å². The van der Waals surface area contributed by atoms with E-state index in [1.807, 2.05) is 24.3 Å². The van der Waals surface area contributed by atoms with Crippen LogP contribution in [0.2, 0.25) is 0 Å². The molecule has 0 unspecified atom stereocenters. The minimum Gasteiger partial charge on any atom is -0.466 e. The summed E-state index contributed by atoms with van der Waals surface area (Å²) in [5, 5.41) is 5.12. The van der Waals surface area contributed by atoms with Gasteiger partial charge in [0.05, 0.1) is 18.0 Å². The second kappa shape index (κ2) is 7.46. The van der Waals surface area contributed by atoms with Crippen LogP contribution in [0.4, 0.5) is 0 Å². The number of fused-ring (bicyclic) bond motifs is 3. The Morgan fingerprint density at radius 3 is 2.89 bits per heavy atom. The highest BCUT2D eigenvalue weighted by molar-refractivity contribution is 5.86. The molecule has 1 fully saturated rings. The minimum atomic E-state index is -0.314. The summed E-state index contributed by atoms with van der Waals surface area (Å²) in [4.78, 5) is 39.1. The second-order valence-electron chi connectivity index (χ2n) is 6.98. The third-order valence-electron chi connectivity index (χ3n) is 5.19. The van der Waals surface area contributed by atoms with E-state index < -0.39 is 0 Å². The number of likely N-dealkylation sites (tertiary alicyclic amines) is 1. The highest BCUT2D eigenvalue weighted by Gasteiger charge is 2.29. The quantitative estimate of drug-likeness (QED) is 0.638. The van der Waals surface area contributed by atoms with Crippen LogP contribution in [0.15, 0.2) is 41.5 Å². The standard InChI is InChI=1S/C20H22N4O4/c1-2-28-20(27)15-7-5-9-22(11-15)18(25)12-24-19(26)17-10-14-6-3-4-8-16(14)23(17)13-21-24/h3-4,6,8,10,13,15H,2,5,7,9,11-12H2,1H3/t15-/m0/s1. The molecule has 8 heteroatoms. The first kappa shape index (κ1) is 18.2. The maximum atomic E-state index is 12.8. The Balaban J connectivity index is 1.55. The number of nitrogens with zero attached hydrogens (tertiary/aromatic N) is 4. The summed E-state index contributed by atoms with van der Waals surface area (Å²) in [6.45, 7) is 2.84. The van der Waals surface area contributed by atoms with E-state index in [4.69, 9.17) is 4.74 Å². The van der Waals surface area contributed by atoms with Gasteiger partial charge in [0.1, 0.15) is 18.4 Å². The Bertz CT molecular complexity index is 1100. The molecule has 0 N–H and O–H groups in total. The first-order valence-electron chi connectivity index (χ1n) is 9.49. The minimum absolute atomic E-state index is 0.146. The molecule has 0 radical (unpaired) electrons. The normalized spacial score (nSPS) is 17.2. The number of carbonyl (C=O) groups excluding carboxylic acids is 2. The molecule has 2 aromatic heterocycles. The summed E-state index contributed by atoms with van der Waals surface area (Å²) in [6, 6.07) is 9.47. The zero-order valence-corrected chi connectivity index (χ0v) is 15.7. The number of para-hydroxylation sites is 1. The smallest absolute Gasteiger partial charge is 0.310 e. The van der Waals surface area contributed by atoms with Gasteiger partial charge in [-0.1, -0.05) is 18.2 Å². The molecule has 3 heterocycles. The highest BCUT2D eigenvalue weighted by Crippen LogP contribution is 2.19. The molecule has 8 nitrogen and oxygen atoms in total. The number of ether oxygens (including phenoxy) is 1. The number of aromatic nitrogens is 3. The molecule has 0 spiro atoms. The second-order valence-corrected chi connectivity index (χ2v) is 6.98. The number of rotatable bonds is 4. The van der Waals surface area contributed by atoms with Gasteiger partial charge in [-0.2, -0.15) is 5.10 Å². The molecule has 0 bridgehead atoms. The molecule has 146 valence electrons. The first-order valence-corrected chi connectivity index (χ1v) is 9.49. The van der Waals surface area contributed by atoms with Crippen LogP contribution in [-0.2, 0) is 20.9 Å². The Kier molecular flexibility index (Phi) is 4.85. The van der Waals surface area contributed by atoms with Gasteiger partial charge in [0.25, 0.3) is 5.56 Å². The molecule has 1 aliphatic rings. The van der Waals surface area contributed by atoms with Crippen molar-refractivity contribution in [2.45, 2.75) is 26.3 Å². The molecule has 0 saturated carbocycles. The molecule has 0 aliphatic carbocycles. The van der Waals surface area contributed by atoms with Gasteiger partial charge in [-0.15, -0.1) is 0 Å². The predicted octanol–water partition coefficient (Wildman–Crippen LogP) is 1.45. The van der Waals surface area contributed by atoms with Crippen molar-refractivity contribution in [1.29, 1.82) is 0 Å². The van der Waals surface area contributed by atoms with E-state index in [1.54, 1.807) is 28.6 Å². The largest absolute Gasteiger partial charge is 0.466 e. The fourth-order valence-corrected chi connectivity index (χ4v) is 3.76. The maximum absolute atomic E-state index is 12.8. The number of esters is 1. The van der Waals surface area contributed by atoms with Crippen molar-refractivity contribution in [3.05, 3.63) is 47.0 Å². The van der Waals surface area contributed by atoms with E-state index in [-0.39, 0.29) is 29.9 Å². The lowest BCUT2D eigenvalue weighted by Gasteiger charge is -2.31. The lowest BCUT2D eigenvalue weighted by Crippen LogP contribution is -2.45. The van der Waals surface area contributed by atoms with Gasteiger partial charge >= 0.3 is 5.97 Å². The molecule has 1 saturated heterocycles. The van der Waals surface area contributed by atoms with E-state index in [1.165, 1.54) is 4.68 Å². The van der Waals surface area contributed by atoms with Crippen molar-refractivity contribution >= 4 is 28.3 Å². The summed E-state index contributed by atoms with van der Waals surface area (Å²) < 4.78 is 7.99. The van der Waals surface area contributed by atoms with Crippen LogP contribution in [0.5, 0.6) is 0 Å². The van der Waals surface area contributed by atoms with E-state index in [9.17, 15) is 14.4 Å². The summed E-state index contributed by atoms with van der Waals surface area (Å²) in [7, 11) is 0. The summed E-state index contributed by atoms with van der Waals surface area (Å²) in [5.74, 6) is -0.790. The van der Waals surface area contributed by atoms with Crippen molar-refractivity contribution in [3.8, 4) is 0 Å². The Hall–Kier alpha value is -3.16. The van der Waals surface area contributed by atoms with Crippen LogP contribution >= 0.6 is 0 Å². The van der Waals surface area contributed by atoms with Gasteiger partial charge in [0, 0.05) is 18.5 Å². The summed E-state index contributed by atoms with van der Waals surface area (Å²) in [6.07, 6.45) is 3.01. The van der Waals surface area contributed by atoms with Crippen molar-refractivity contribution in [2.75, 3.05) is 19.7 Å². The average molecular weight is 382 g/mol. The lowest BCUT2D eigenvalue weighted by atomic mass is 9.98. The van der Waals surface area contributed by atoms with Crippen molar-refractivity contribution in [3.63, 3.8) is 0 Å². The third kappa shape index (κ3) is 3.26. The number of amides is 1. The fourth-order valence-electron chi connectivity index (χ4n) is 3.76. The maximum Gasteiger partial charge on any atom is 0.310 e. The topological polar surface area (TPSA) is 85.9 Å². The zero-order chi connectivity index (χ0) is 19.7. The van der Waals surface area contributed by atoms with Crippen LogP contribution in [-0.4, -0.2) is 50.7 Å². The van der Waals surface area contributed by atoms with Gasteiger partial charge in [0.2, 0.25) is 5.91 Å². The van der Waals surface area contributed by atoms with Crippen LogP contribution in [0.25, 0.3) is 16.4 Å². The molecule has 28 heavy (non-hydrogen) atoms. The van der Waals surface area contributed by atoms with Gasteiger partial charge in [-0.05, 0) is 31.9 Å². The number of hydrogen-bond acceptors (Lipinski definition) is 5. The SMILES string of the molecule is CCOC(=O)[C@H]1CCCN(C(=O)Cn2ncn3c(cc4ccccc43)c2=O)C1. The van der Waals surface area contributed by atoms with Gasteiger partial charge in [-0.25, -0.2) is 4.68 Å². The number of hydrogen-bond donors (Lipinski definition) is 0. The molecule has 1 amide bonds. The van der Waals surface area contributed by atoms with Crippen LogP contribution in [0.3, 0.4) is 0 Å². The molecule has 1 aliphatic heterocycles. The molecular formula is C20H22N4O4. The third-order valence-corrected chi connectivity index (χ3v) is 5.19. The monoisotopic (exact) mass is 382 g/mol. The van der Waals surface area contributed by atoms with E-state index in [0.717, 1.165) is 17.3 Å². The van der Waals surface area contributed by atoms with Crippen LogP contribution < -0.4 is 5.56 Å². The fraction of sp³-hybridized carbons (Fsp3) is 0.400. The van der Waals surface area contributed by atoms with Gasteiger partial charge in [0.15, 0.2) is 0 Å². The number of benzene rings is 1. The Morgan fingerprint density at radius 2 is 2.07 bits per heavy atom. The Labute approximate surface area is 161 Å². The van der Waals surface area contributed by atoms with E-state index >= 15 is 0 Å². The van der Waals surface area contributed by atoms with Gasteiger partial charge in [-0.3, -0.25) is 18.8 Å². The molecule has 3 aromatic rings. The van der Waals surface area contributed by atoms with Gasteiger partial charge < -0.3 is 9.64 Å². The van der Waals surface area contributed by atoms with Crippen LogP contribution in [0.1, 0.15) is 19.8 Å². The molecule has 4 rings (SSSR count). The summed E-state index contributed by atoms with van der Waals surface area (Å²) in [5.41, 5.74) is 1.06. The number of carbonyl (C=O) groups is 2. The highest BCUT2D eigenvalue weighted by atomic mass is 16.5. The lowest BCUT2D eigenvalue weighted by molar-refractivity contribution is -0.151. The molecule has 1 atom stereocenters. The summed E-state index contributed by atoms with van der Waals surface area (Å²) >= 11 is 0. The first-order chi connectivity index (χ1) is 13.6. The average Bonchev–Trinajstić information content (AvgIpc) is 3.10. The molecule has 1 aromatic carbocycles. The van der Waals surface area contributed by atoms with Crippen molar-refractivity contribution in [2.24, 2.45) is 5.92 Å². The Morgan fingerprint density at radius 1 is 1.25 bits per heavy atom. The van der Waals surface area contributed by atoms with Crippen molar-refractivity contribution in [1.82, 2.24) is 19.1 Å². The zero-order valence-electron chi connectivity index (χ0n) is 15.7. The van der Waals surface area contributed by atoms with E-state index in [0.29, 0.717) is 31.6 Å². The van der Waals surface area contributed by atoms with Crippen LogP contribution in [0, 0.1) is 5.92 Å². The predicted molar refractivity (Wildman–Crippen MR) is 103 cm³/mol. The molecular weight excluding hydrogens is 360 g/mol. The van der Waals surface area contributed by atoms with Crippen molar-refractivity contribution < 1.29 is 14.3 Å².